The van der Waals surface area contributed by atoms with Crippen LogP contribution >= 0.6 is 0 Å². The molecule has 1 atom stereocenters. The van der Waals surface area contributed by atoms with Crippen molar-refractivity contribution in [2.75, 3.05) is 13.7 Å². The maximum absolute atomic E-state index is 12.8. The first-order chi connectivity index (χ1) is 13.0. The van der Waals surface area contributed by atoms with Gasteiger partial charge in [0.25, 0.3) is 0 Å². The van der Waals surface area contributed by atoms with Crippen LogP contribution in [0.3, 0.4) is 0 Å². The van der Waals surface area contributed by atoms with Gasteiger partial charge in [0.05, 0.1) is 7.11 Å². The predicted molar refractivity (Wildman–Crippen MR) is 106 cm³/mol. The van der Waals surface area contributed by atoms with Crippen molar-refractivity contribution in [3.8, 4) is 5.75 Å². The summed E-state index contributed by atoms with van der Waals surface area (Å²) in [5, 5.41) is 2.94. The van der Waals surface area contributed by atoms with Gasteiger partial charge in [-0.3, -0.25) is 9.59 Å². The first-order valence-corrected chi connectivity index (χ1v) is 9.27. The van der Waals surface area contributed by atoms with E-state index in [-0.39, 0.29) is 11.8 Å². The van der Waals surface area contributed by atoms with E-state index in [4.69, 9.17) is 4.74 Å². The molecule has 0 spiro atoms. The monoisotopic (exact) mass is 368 g/mol. The van der Waals surface area contributed by atoms with Crippen LogP contribution in [0.25, 0.3) is 0 Å². The molecule has 0 heterocycles. The molecule has 0 fully saturated rings. The van der Waals surface area contributed by atoms with Crippen molar-refractivity contribution in [1.82, 2.24) is 10.2 Å². The van der Waals surface area contributed by atoms with Crippen LogP contribution in [0.5, 0.6) is 5.75 Å². The Balaban J connectivity index is 2.25. The number of nitrogens with one attached hydrogen (secondary N) is 1. The number of hydrogen-bond acceptors (Lipinski definition) is 3. The predicted octanol–water partition coefficient (Wildman–Crippen LogP) is 3.18. The Hall–Kier alpha value is -2.82. The van der Waals surface area contributed by atoms with Crippen LogP contribution < -0.4 is 10.1 Å². The average Bonchev–Trinajstić information content (AvgIpc) is 2.69. The molecule has 144 valence electrons. The van der Waals surface area contributed by atoms with Crippen molar-refractivity contribution in [3.63, 3.8) is 0 Å². The van der Waals surface area contributed by atoms with Gasteiger partial charge in [0.2, 0.25) is 11.8 Å². The summed E-state index contributed by atoms with van der Waals surface area (Å²) in [5.74, 6) is 0.512. The smallest absolute Gasteiger partial charge is 0.243 e. The average molecular weight is 368 g/mol. The number of benzene rings is 2. The Morgan fingerprint density at radius 1 is 1.04 bits per heavy atom. The molecule has 0 saturated carbocycles. The second-order valence-electron chi connectivity index (χ2n) is 6.49. The van der Waals surface area contributed by atoms with Gasteiger partial charge in [-0.15, -0.1) is 0 Å². The van der Waals surface area contributed by atoms with E-state index in [0.29, 0.717) is 19.5 Å². The third-order valence-electron chi connectivity index (χ3n) is 4.42. The molecule has 0 saturated heterocycles. The number of amides is 2. The van der Waals surface area contributed by atoms with E-state index in [0.717, 1.165) is 23.3 Å². The van der Waals surface area contributed by atoms with Crippen LogP contribution in [0.4, 0.5) is 0 Å². The minimum absolute atomic E-state index is 0.121. The van der Waals surface area contributed by atoms with E-state index in [2.05, 4.69) is 5.32 Å². The van der Waals surface area contributed by atoms with Gasteiger partial charge in [-0.1, -0.05) is 49.4 Å². The number of methoxy groups -OCH3 is 1. The summed E-state index contributed by atoms with van der Waals surface area (Å²) in [6.45, 7) is 4.48. The lowest BCUT2D eigenvalue weighted by Gasteiger charge is -2.30. The highest BCUT2D eigenvalue weighted by Gasteiger charge is 2.28. The Morgan fingerprint density at radius 2 is 1.70 bits per heavy atom. The van der Waals surface area contributed by atoms with Crippen molar-refractivity contribution in [1.29, 1.82) is 0 Å². The number of carbonyl (C=O) groups excluding carboxylic acids is 2. The largest absolute Gasteiger partial charge is 0.497 e. The van der Waals surface area contributed by atoms with Gasteiger partial charge in [-0.05, 0) is 29.7 Å². The molecule has 0 aliphatic carbocycles. The summed E-state index contributed by atoms with van der Waals surface area (Å²) in [7, 11) is 1.62. The first kappa shape index (κ1) is 20.5. The third-order valence-corrected chi connectivity index (χ3v) is 4.42. The van der Waals surface area contributed by atoms with Crippen LogP contribution in [0.1, 0.15) is 31.4 Å². The number of nitrogens with zero attached hydrogens (tertiary/aromatic N) is 1. The van der Waals surface area contributed by atoms with Crippen molar-refractivity contribution in [3.05, 3.63) is 65.7 Å². The molecule has 0 aliphatic rings. The fraction of sp³-hybridized carbons (Fsp3) is 0.364. The van der Waals surface area contributed by atoms with Crippen LogP contribution in [0.15, 0.2) is 54.6 Å². The van der Waals surface area contributed by atoms with E-state index in [1.165, 1.54) is 6.92 Å². The quantitative estimate of drug-likeness (QED) is 0.740. The molecule has 0 unspecified atom stereocenters. The molecule has 5 nitrogen and oxygen atoms in total. The summed E-state index contributed by atoms with van der Waals surface area (Å²) >= 11 is 0. The molecule has 0 aromatic heterocycles. The van der Waals surface area contributed by atoms with Crippen molar-refractivity contribution in [2.24, 2.45) is 0 Å². The van der Waals surface area contributed by atoms with Crippen LogP contribution in [0.2, 0.25) is 0 Å². The molecular weight excluding hydrogens is 340 g/mol. The molecule has 2 amide bonds. The second-order valence-corrected chi connectivity index (χ2v) is 6.49. The minimum Gasteiger partial charge on any atom is -0.497 e. The standard InChI is InChI=1S/C22H28N2O3/c1-4-14-23-22(26)21(15-18-8-6-5-7-9-18)24(17(2)25)16-19-10-12-20(27-3)13-11-19/h5-13,21H,4,14-16H2,1-3H3,(H,23,26)/t21-/m0/s1. The molecule has 2 aromatic rings. The second kappa shape index (κ2) is 10.4. The molecule has 0 bridgehead atoms. The first-order valence-electron chi connectivity index (χ1n) is 9.27. The zero-order valence-electron chi connectivity index (χ0n) is 16.3. The van der Waals surface area contributed by atoms with Crippen LogP contribution in [0, 0.1) is 0 Å². The van der Waals surface area contributed by atoms with Gasteiger partial charge in [0.15, 0.2) is 0 Å². The lowest BCUT2D eigenvalue weighted by atomic mass is 10.0. The molecule has 2 aromatic carbocycles. The highest BCUT2D eigenvalue weighted by Crippen LogP contribution is 2.17. The summed E-state index contributed by atoms with van der Waals surface area (Å²) in [4.78, 5) is 26.9. The van der Waals surface area contributed by atoms with Gasteiger partial charge in [0, 0.05) is 26.4 Å². The molecule has 27 heavy (non-hydrogen) atoms. The van der Waals surface area contributed by atoms with Crippen molar-refractivity contribution in [2.45, 2.75) is 39.3 Å². The minimum atomic E-state index is -0.557. The van der Waals surface area contributed by atoms with E-state index >= 15 is 0 Å². The van der Waals surface area contributed by atoms with Crippen LogP contribution in [-0.4, -0.2) is 36.4 Å². The lowest BCUT2D eigenvalue weighted by Crippen LogP contribution is -2.50. The van der Waals surface area contributed by atoms with Crippen molar-refractivity contribution < 1.29 is 14.3 Å². The van der Waals surface area contributed by atoms with Gasteiger partial charge >= 0.3 is 0 Å². The van der Waals surface area contributed by atoms with E-state index in [9.17, 15) is 9.59 Å². The summed E-state index contributed by atoms with van der Waals surface area (Å²) in [6, 6.07) is 16.8. The lowest BCUT2D eigenvalue weighted by molar-refractivity contribution is -0.139. The van der Waals surface area contributed by atoms with E-state index in [1.807, 2.05) is 61.5 Å². The van der Waals surface area contributed by atoms with E-state index < -0.39 is 6.04 Å². The van der Waals surface area contributed by atoms with Gasteiger partial charge in [-0.2, -0.15) is 0 Å². The Labute approximate surface area is 161 Å². The number of rotatable bonds is 9. The highest BCUT2D eigenvalue weighted by molar-refractivity contribution is 5.87. The van der Waals surface area contributed by atoms with Crippen LogP contribution in [-0.2, 0) is 22.6 Å². The fourth-order valence-corrected chi connectivity index (χ4v) is 2.92. The summed E-state index contributed by atoms with van der Waals surface area (Å²) in [6.07, 6.45) is 1.33. The number of carbonyl (C=O) groups is 2. The van der Waals surface area contributed by atoms with Gasteiger partial charge < -0.3 is 15.0 Å². The third kappa shape index (κ3) is 6.13. The maximum Gasteiger partial charge on any atom is 0.243 e. The Kier molecular flexibility index (Phi) is 7.86. The molecular formula is C22H28N2O3. The number of hydrogen-bond donors (Lipinski definition) is 1. The van der Waals surface area contributed by atoms with E-state index in [1.54, 1.807) is 12.0 Å². The zero-order chi connectivity index (χ0) is 19.6. The molecule has 1 N–H and O–H groups in total. The number of ether oxygens (including phenoxy) is 1. The van der Waals surface area contributed by atoms with Gasteiger partial charge in [0.1, 0.15) is 11.8 Å². The molecule has 0 aliphatic heterocycles. The van der Waals surface area contributed by atoms with Crippen molar-refractivity contribution >= 4 is 11.8 Å². The molecule has 2 rings (SSSR count). The van der Waals surface area contributed by atoms with Gasteiger partial charge in [-0.25, -0.2) is 0 Å². The fourth-order valence-electron chi connectivity index (χ4n) is 2.92. The maximum atomic E-state index is 12.8. The molecule has 0 radical (unpaired) electrons. The zero-order valence-corrected chi connectivity index (χ0v) is 16.3. The molecule has 5 heteroatoms. The highest BCUT2D eigenvalue weighted by atomic mass is 16.5. The summed E-state index contributed by atoms with van der Waals surface area (Å²) < 4.78 is 5.19. The summed E-state index contributed by atoms with van der Waals surface area (Å²) in [5.41, 5.74) is 1.97. The Morgan fingerprint density at radius 3 is 2.26 bits per heavy atom. The SMILES string of the molecule is CCCNC(=O)[C@H](Cc1ccccc1)N(Cc1ccc(OC)cc1)C(C)=O. The Bertz CT molecular complexity index is 729. The topological polar surface area (TPSA) is 58.6 Å². The normalized spacial score (nSPS) is 11.5.